The van der Waals surface area contributed by atoms with E-state index in [4.69, 9.17) is 18.9 Å². The van der Waals surface area contributed by atoms with E-state index < -0.39 is 11.9 Å². The van der Waals surface area contributed by atoms with Crippen LogP contribution in [0.1, 0.15) is 25.7 Å². The fourth-order valence-electron chi connectivity index (χ4n) is 2.23. The summed E-state index contributed by atoms with van der Waals surface area (Å²) in [4.78, 5) is 50.1. The number of esters is 2. The summed E-state index contributed by atoms with van der Waals surface area (Å²) in [7, 11) is 3.27. The first-order valence-corrected chi connectivity index (χ1v) is 9.35. The lowest BCUT2D eigenvalue weighted by Crippen LogP contribution is -2.33. The SMILES string of the molecule is CN1CCOCCN(C)C(=O)CCC(=O)OCCOCCOC(=O)CCC1=O. The lowest BCUT2D eigenvalue weighted by atomic mass is 10.3. The molecule has 0 bridgehead atoms. The van der Waals surface area contributed by atoms with Gasteiger partial charge in [-0.1, -0.05) is 0 Å². The Labute approximate surface area is 165 Å². The van der Waals surface area contributed by atoms with Crippen molar-refractivity contribution in [3.8, 4) is 0 Å². The van der Waals surface area contributed by atoms with Gasteiger partial charge in [-0.05, 0) is 0 Å². The van der Waals surface area contributed by atoms with Gasteiger partial charge in [0.05, 0.1) is 39.3 Å². The van der Waals surface area contributed by atoms with Crippen LogP contribution in [0, 0.1) is 0 Å². The number of cyclic esters (lactones) is 2. The van der Waals surface area contributed by atoms with Crippen LogP contribution in [-0.4, -0.2) is 100 Å². The molecule has 10 heteroatoms. The Kier molecular flexibility index (Phi) is 11.8. The molecule has 0 aromatic rings. The molecule has 0 N–H and O–H groups in total. The van der Waals surface area contributed by atoms with Gasteiger partial charge in [0.2, 0.25) is 11.8 Å². The van der Waals surface area contributed by atoms with Crippen LogP contribution < -0.4 is 0 Å². The molecular weight excluding hydrogens is 372 g/mol. The third-order valence-electron chi connectivity index (χ3n) is 4.06. The Morgan fingerprint density at radius 2 is 0.964 bits per heavy atom. The molecule has 0 atom stereocenters. The zero-order valence-electron chi connectivity index (χ0n) is 16.6. The molecule has 1 aliphatic heterocycles. The second-order valence-electron chi connectivity index (χ2n) is 6.30. The number of carbonyl (C=O) groups excluding carboxylic acids is 4. The minimum Gasteiger partial charge on any atom is -0.463 e. The molecule has 0 unspecified atom stereocenters. The molecule has 1 aliphatic rings. The van der Waals surface area contributed by atoms with E-state index in [9.17, 15) is 19.2 Å². The van der Waals surface area contributed by atoms with E-state index in [2.05, 4.69) is 0 Å². The number of amides is 2. The van der Waals surface area contributed by atoms with E-state index in [-0.39, 0.29) is 63.9 Å². The van der Waals surface area contributed by atoms with Crippen molar-refractivity contribution in [3.05, 3.63) is 0 Å². The largest absolute Gasteiger partial charge is 0.463 e. The van der Waals surface area contributed by atoms with Crippen molar-refractivity contribution in [1.82, 2.24) is 9.80 Å². The molecular formula is C18H30N2O8. The summed E-state index contributed by atoms with van der Waals surface area (Å²) in [5, 5.41) is 0. The number of likely N-dealkylation sites (N-methyl/N-ethyl adjacent to an activating group) is 2. The van der Waals surface area contributed by atoms with Crippen LogP contribution in [0.2, 0.25) is 0 Å². The van der Waals surface area contributed by atoms with E-state index in [1.54, 1.807) is 14.1 Å². The first-order valence-electron chi connectivity index (χ1n) is 9.35. The standard InChI is InChI=1S/C18H30N2O8/c1-19-7-9-25-10-8-20(2)16(22)4-6-18(24)28-14-12-26-11-13-27-17(23)5-3-15(19)21/h3-14H2,1-2H3. The fourth-order valence-corrected chi connectivity index (χ4v) is 2.23. The number of nitrogens with zero attached hydrogens (tertiary/aromatic N) is 2. The normalized spacial score (nSPS) is 21.4. The first kappa shape index (κ1) is 23.8. The number of hydrogen-bond acceptors (Lipinski definition) is 8. The quantitative estimate of drug-likeness (QED) is 0.503. The van der Waals surface area contributed by atoms with Crippen molar-refractivity contribution in [2.24, 2.45) is 0 Å². The predicted molar refractivity (Wildman–Crippen MR) is 97.3 cm³/mol. The van der Waals surface area contributed by atoms with Crippen molar-refractivity contribution < 1.29 is 38.1 Å². The smallest absolute Gasteiger partial charge is 0.306 e. The van der Waals surface area contributed by atoms with Crippen LogP contribution >= 0.6 is 0 Å². The maximum absolute atomic E-state index is 12.0. The summed E-state index contributed by atoms with van der Waals surface area (Å²) in [5.74, 6) is -1.29. The average molecular weight is 402 g/mol. The fraction of sp³-hybridized carbons (Fsp3) is 0.778. The number of carbonyl (C=O) groups is 4. The van der Waals surface area contributed by atoms with E-state index in [1.165, 1.54) is 9.80 Å². The van der Waals surface area contributed by atoms with Crippen LogP contribution in [0.25, 0.3) is 0 Å². The molecule has 160 valence electrons. The van der Waals surface area contributed by atoms with E-state index in [0.29, 0.717) is 26.3 Å². The highest BCUT2D eigenvalue weighted by molar-refractivity contribution is 5.81. The zero-order valence-corrected chi connectivity index (χ0v) is 16.6. The van der Waals surface area contributed by atoms with E-state index >= 15 is 0 Å². The summed E-state index contributed by atoms with van der Waals surface area (Å²) in [6.45, 7) is 1.85. The number of rotatable bonds is 0. The van der Waals surface area contributed by atoms with Gasteiger partial charge < -0.3 is 28.7 Å². The Morgan fingerprint density at radius 3 is 1.39 bits per heavy atom. The third kappa shape index (κ3) is 10.8. The summed E-state index contributed by atoms with van der Waals surface area (Å²) < 4.78 is 20.6. The maximum Gasteiger partial charge on any atom is 0.306 e. The molecule has 10 nitrogen and oxygen atoms in total. The highest BCUT2D eigenvalue weighted by atomic mass is 16.6. The van der Waals surface area contributed by atoms with Crippen molar-refractivity contribution in [1.29, 1.82) is 0 Å². The van der Waals surface area contributed by atoms with E-state index in [0.717, 1.165) is 0 Å². The van der Waals surface area contributed by atoms with Gasteiger partial charge in [0, 0.05) is 40.0 Å². The van der Waals surface area contributed by atoms with Crippen molar-refractivity contribution in [2.75, 3.05) is 66.8 Å². The van der Waals surface area contributed by atoms with Gasteiger partial charge in [-0.25, -0.2) is 0 Å². The van der Waals surface area contributed by atoms with Gasteiger partial charge in [0.25, 0.3) is 0 Å². The minimum absolute atomic E-state index is 0.00541. The topological polar surface area (TPSA) is 112 Å². The van der Waals surface area contributed by atoms with Gasteiger partial charge >= 0.3 is 11.9 Å². The summed E-state index contributed by atoms with van der Waals surface area (Å²) in [5.41, 5.74) is 0. The Morgan fingerprint density at radius 1 is 0.571 bits per heavy atom. The van der Waals surface area contributed by atoms with E-state index in [1.807, 2.05) is 0 Å². The van der Waals surface area contributed by atoms with Gasteiger partial charge in [0.1, 0.15) is 13.2 Å². The van der Waals surface area contributed by atoms with Crippen molar-refractivity contribution >= 4 is 23.8 Å². The molecule has 0 spiro atoms. The minimum atomic E-state index is -0.470. The summed E-state index contributed by atoms with van der Waals surface area (Å²) in [6, 6.07) is 0. The lowest BCUT2D eigenvalue weighted by molar-refractivity contribution is -0.149. The van der Waals surface area contributed by atoms with Crippen LogP contribution in [0.5, 0.6) is 0 Å². The lowest BCUT2D eigenvalue weighted by Gasteiger charge is -2.19. The molecule has 0 radical (unpaired) electrons. The first-order chi connectivity index (χ1) is 13.4. The molecule has 0 aromatic heterocycles. The molecule has 1 fully saturated rings. The Balaban J connectivity index is 2.46. The van der Waals surface area contributed by atoms with Crippen LogP contribution in [0.3, 0.4) is 0 Å². The summed E-state index contributed by atoms with van der Waals surface area (Å²) in [6.07, 6.45) is 0.107. The second kappa shape index (κ2) is 13.9. The molecule has 0 aliphatic carbocycles. The monoisotopic (exact) mass is 402 g/mol. The van der Waals surface area contributed by atoms with Crippen molar-refractivity contribution in [2.45, 2.75) is 25.7 Å². The van der Waals surface area contributed by atoms with Gasteiger partial charge in [-0.2, -0.15) is 0 Å². The average Bonchev–Trinajstić information content (AvgIpc) is 2.67. The van der Waals surface area contributed by atoms with Gasteiger partial charge in [-0.3, -0.25) is 19.2 Å². The predicted octanol–water partition coefficient (Wildman–Crippen LogP) is -0.403. The number of hydrogen-bond donors (Lipinski definition) is 0. The van der Waals surface area contributed by atoms with Gasteiger partial charge in [0.15, 0.2) is 0 Å². The molecule has 2 amide bonds. The number of ether oxygens (including phenoxy) is 4. The van der Waals surface area contributed by atoms with Gasteiger partial charge in [-0.15, -0.1) is 0 Å². The Bertz CT molecular complexity index is 482. The zero-order chi connectivity index (χ0) is 20.8. The molecule has 1 saturated heterocycles. The summed E-state index contributed by atoms with van der Waals surface area (Å²) >= 11 is 0. The van der Waals surface area contributed by atoms with Crippen LogP contribution in [-0.2, 0) is 38.1 Å². The molecule has 1 heterocycles. The highest BCUT2D eigenvalue weighted by Crippen LogP contribution is 2.00. The van der Waals surface area contributed by atoms with Crippen molar-refractivity contribution in [3.63, 3.8) is 0 Å². The second-order valence-corrected chi connectivity index (χ2v) is 6.30. The highest BCUT2D eigenvalue weighted by Gasteiger charge is 2.14. The Hall–Kier alpha value is -2.20. The molecule has 1 rings (SSSR count). The van der Waals surface area contributed by atoms with Crippen LogP contribution in [0.4, 0.5) is 0 Å². The molecule has 28 heavy (non-hydrogen) atoms. The molecule has 0 aromatic carbocycles. The third-order valence-corrected chi connectivity index (χ3v) is 4.06. The maximum atomic E-state index is 12.0. The molecule has 0 saturated carbocycles. The van der Waals surface area contributed by atoms with Crippen LogP contribution in [0.15, 0.2) is 0 Å².